The third-order valence-electron chi connectivity index (χ3n) is 3.53. The highest BCUT2D eigenvalue weighted by Gasteiger charge is 2.39. The Hall–Kier alpha value is -1.26. The monoisotopic (exact) mass is 347 g/mol. The molecule has 0 heterocycles. The quantitative estimate of drug-likeness (QED) is 0.806. The van der Waals surface area contributed by atoms with E-state index in [2.05, 4.69) is 46.0 Å². The van der Waals surface area contributed by atoms with Crippen molar-refractivity contribution in [3.8, 4) is 0 Å². The summed E-state index contributed by atoms with van der Waals surface area (Å²) in [5.74, 6) is 0.398. The van der Waals surface area contributed by atoms with E-state index in [4.69, 9.17) is 0 Å². The van der Waals surface area contributed by atoms with Gasteiger partial charge in [-0.25, -0.2) is 0 Å². The number of benzene rings is 2. The van der Waals surface area contributed by atoms with Gasteiger partial charge >= 0.3 is 0 Å². The average molecular weight is 348 g/mol. The molecule has 0 aromatic heterocycles. The van der Waals surface area contributed by atoms with E-state index >= 15 is 0 Å². The lowest BCUT2D eigenvalue weighted by Crippen LogP contribution is -2.26. The van der Waals surface area contributed by atoms with Crippen molar-refractivity contribution in [3.05, 3.63) is 64.1 Å². The summed E-state index contributed by atoms with van der Waals surface area (Å²) in [5, 5.41) is 3.08. The molecular weight excluding hydrogens is 334 g/mol. The van der Waals surface area contributed by atoms with Crippen molar-refractivity contribution >= 4 is 34.5 Å². The second-order valence-electron chi connectivity index (χ2n) is 5.00. The zero-order valence-electron chi connectivity index (χ0n) is 10.7. The first-order valence-electron chi connectivity index (χ1n) is 6.49. The van der Waals surface area contributed by atoms with Gasteiger partial charge in [-0.3, -0.25) is 4.79 Å². The van der Waals surface area contributed by atoms with Crippen LogP contribution in [-0.2, 0) is 0 Å². The standard InChI is InChI=1S/C16H14BrNOS/c17-14-7-6-11(20)8-13(14)16(19)18-15-9-12(15)10-4-2-1-3-5-10/h1-8,12,15,20H,9H2,(H,18,19). The number of hydrogen-bond donors (Lipinski definition) is 2. The van der Waals surface area contributed by atoms with Gasteiger partial charge in [-0.15, -0.1) is 12.6 Å². The molecule has 1 aliphatic rings. The van der Waals surface area contributed by atoms with Gasteiger partial charge in [0.1, 0.15) is 0 Å². The van der Waals surface area contributed by atoms with Crippen molar-refractivity contribution in [2.45, 2.75) is 23.3 Å². The predicted octanol–water partition coefficient (Wildman–Crippen LogP) is 4.02. The van der Waals surface area contributed by atoms with E-state index in [9.17, 15) is 4.79 Å². The van der Waals surface area contributed by atoms with Gasteiger partial charge in [0.05, 0.1) is 5.56 Å². The Kier molecular flexibility index (Phi) is 3.85. The topological polar surface area (TPSA) is 29.1 Å². The van der Waals surface area contributed by atoms with Crippen molar-refractivity contribution in [1.82, 2.24) is 5.32 Å². The highest BCUT2D eigenvalue weighted by molar-refractivity contribution is 9.10. The van der Waals surface area contributed by atoms with Crippen LogP contribution in [0.15, 0.2) is 57.9 Å². The van der Waals surface area contributed by atoms with E-state index in [0.29, 0.717) is 11.5 Å². The number of thiol groups is 1. The van der Waals surface area contributed by atoms with Crippen LogP contribution in [0.1, 0.15) is 28.3 Å². The van der Waals surface area contributed by atoms with Gasteiger partial charge in [0, 0.05) is 21.3 Å². The van der Waals surface area contributed by atoms with E-state index in [0.717, 1.165) is 15.8 Å². The molecule has 1 amide bonds. The van der Waals surface area contributed by atoms with Crippen molar-refractivity contribution in [2.75, 3.05) is 0 Å². The van der Waals surface area contributed by atoms with Crippen LogP contribution in [0.3, 0.4) is 0 Å². The Morgan fingerprint density at radius 2 is 1.95 bits per heavy atom. The summed E-state index contributed by atoms with van der Waals surface area (Å²) < 4.78 is 0.796. The maximum atomic E-state index is 12.3. The Morgan fingerprint density at radius 1 is 1.20 bits per heavy atom. The van der Waals surface area contributed by atoms with Gasteiger partial charge in [-0.05, 0) is 46.1 Å². The fourth-order valence-corrected chi connectivity index (χ4v) is 2.99. The van der Waals surface area contributed by atoms with E-state index in [1.807, 2.05) is 30.3 Å². The summed E-state index contributed by atoms with van der Waals surface area (Å²) in [6.07, 6.45) is 1.01. The molecule has 102 valence electrons. The van der Waals surface area contributed by atoms with Crippen molar-refractivity contribution < 1.29 is 4.79 Å². The molecule has 2 unspecified atom stereocenters. The zero-order chi connectivity index (χ0) is 14.1. The van der Waals surface area contributed by atoms with Gasteiger partial charge in [0.2, 0.25) is 0 Å². The lowest BCUT2D eigenvalue weighted by molar-refractivity contribution is 0.0949. The van der Waals surface area contributed by atoms with Crippen LogP contribution < -0.4 is 5.32 Å². The van der Waals surface area contributed by atoms with Gasteiger partial charge in [-0.1, -0.05) is 30.3 Å². The summed E-state index contributed by atoms with van der Waals surface area (Å²) in [7, 11) is 0. The summed E-state index contributed by atoms with van der Waals surface area (Å²) in [4.78, 5) is 13.1. The zero-order valence-corrected chi connectivity index (χ0v) is 13.2. The second-order valence-corrected chi connectivity index (χ2v) is 6.37. The van der Waals surface area contributed by atoms with Crippen molar-refractivity contribution in [3.63, 3.8) is 0 Å². The summed E-state index contributed by atoms with van der Waals surface area (Å²) in [6, 6.07) is 16.0. The summed E-state index contributed by atoms with van der Waals surface area (Å²) in [6.45, 7) is 0. The molecule has 1 N–H and O–H groups in total. The summed E-state index contributed by atoms with van der Waals surface area (Å²) in [5.41, 5.74) is 1.93. The molecule has 1 aliphatic carbocycles. The predicted molar refractivity (Wildman–Crippen MR) is 86.4 cm³/mol. The molecule has 4 heteroatoms. The Labute approximate surface area is 132 Å². The number of nitrogens with one attached hydrogen (secondary N) is 1. The molecule has 2 aromatic rings. The molecule has 0 radical (unpaired) electrons. The number of carbonyl (C=O) groups excluding carboxylic acids is 1. The first kappa shape index (κ1) is 13.7. The Morgan fingerprint density at radius 3 is 2.70 bits per heavy atom. The number of amides is 1. The average Bonchev–Trinajstić information content (AvgIpc) is 3.21. The second kappa shape index (κ2) is 5.62. The molecule has 0 spiro atoms. The van der Waals surface area contributed by atoms with Crippen LogP contribution in [0.5, 0.6) is 0 Å². The Bertz CT molecular complexity index is 644. The molecule has 2 aromatic carbocycles. The lowest BCUT2D eigenvalue weighted by atomic mass is 10.1. The van der Waals surface area contributed by atoms with Crippen LogP contribution in [0.25, 0.3) is 0 Å². The minimum absolute atomic E-state index is 0.0452. The van der Waals surface area contributed by atoms with Crippen LogP contribution >= 0.6 is 28.6 Å². The maximum Gasteiger partial charge on any atom is 0.252 e. The molecular formula is C16H14BrNOS. The molecule has 3 rings (SSSR count). The highest BCUT2D eigenvalue weighted by Crippen LogP contribution is 2.40. The third-order valence-corrected chi connectivity index (χ3v) is 4.50. The van der Waals surface area contributed by atoms with E-state index in [1.165, 1.54) is 5.56 Å². The molecule has 0 saturated heterocycles. The summed E-state index contributed by atoms with van der Waals surface area (Å²) >= 11 is 7.68. The molecule has 0 bridgehead atoms. The minimum atomic E-state index is -0.0452. The SMILES string of the molecule is O=C(NC1CC1c1ccccc1)c1cc(S)ccc1Br. The molecule has 1 saturated carbocycles. The van der Waals surface area contributed by atoms with Gasteiger partial charge in [0.15, 0.2) is 0 Å². The Balaban J connectivity index is 1.68. The third kappa shape index (κ3) is 2.91. The fourth-order valence-electron chi connectivity index (χ4n) is 2.36. The van der Waals surface area contributed by atoms with Crippen LogP contribution in [0, 0.1) is 0 Å². The van der Waals surface area contributed by atoms with Crippen molar-refractivity contribution in [1.29, 1.82) is 0 Å². The van der Waals surface area contributed by atoms with Gasteiger partial charge in [0.25, 0.3) is 5.91 Å². The number of carbonyl (C=O) groups is 1. The van der Waals surface area contributed by atoms with E-state index in [1.54, 1.807) is 6.07 Å². The van der Waals surface area contributed by atoms with Crippen LogP contribution in [0.2, 0.25) is 0 Å². The number of hydrogen-bond acceptors (Lipinski definition) is 2. The molecule has 2 nitrogen and oxygen atoms in total. The normalized spacial score (nSPS) is 20.5. The smallest absolute Gasteiger partial charge is 0.252 e. The van der Waals surface area contributed by atoms with Crippen LogP contribution in [0.4, 0.5) is 0 Å². The highest BCUT2D eigenvalue weighted by atomic mass is 79.9. The minimum Gasteiger partial charge on any atom is -0.349 e. The molecule has 1 fully saturated rings. The molecule has 20 heavy (non-hydrogen) atoms. The number of halogens is 1. The number of rotatable bonds is 3. The first-order chi connectivity index (χ1) is 9.65. The molecule has 0 aliphatic heterocycles. The largest absolute Gasteiger partial charge is 0.349 e. The maximum absolute atomic E-state index is 12.3. The van der Waals surface area contributed by atoms with Crippen LogP contribution in [-0.4, -0.2) is 11.9 Å². The van der Waals surface area contributed by atoms with E-state index < -0.39 is 0 Å². The molecule has 2 atom stereocenters. The van der Waals surface area contributed by atoms with Crippen molar-refractivity contribution in [2.24, 2.45) is 0 Å². The van der Waals surface area contributed by atoms with Gasteiger partial charge < -0.3 is 5.32 Å². The first-order valence-corrected chi connectivity index (χ1v) is 7.73. The lowest BCUT2D eigenvalue weighted by Gasteiger charge is -2.07. The van der Waals surface area contributed by atoms with E-state index in [-0.39, 0.29) is 11.9 Å². The fraction of sp³-hybridized carbons (Fsp3) is 0.188. The van der Waals surface area contributed by atoms with Gasteiger partial charge in [-0.2, -0.15) is 0 Å².